The van der Waals surface area contributed by atoms with Gasteiger partial charge in [-0.2, -0.15) is 13.2 Å². The molecular weight excluding hydrogens is 559 g/mol. The van der Waals surface area contributed by atoms with Crippen molar-refractivity contribution in [2.75, 3.05) is 6.54 Å². The smallest absolute Gasteiger partial charge is 0.328 e. The van der Waals surface area contributed by atoms with Crippen molar-refractivity contribution < 1.29 is 18.0 Å². The molecule has 0 aliphatic carbocycles. The summed E-state index contributed by atoms with van der Waals surface area (Å²) in [5, 5.41) is 0.425. The largest absolute Gasteiger partial charge is 0.416 e. The molecule has 9 heteroatoms. The third kappa shape index (κ3) is 5.67. The van der Waals surface area contributed by atoms with Crippen LogP contribution < -0.4 is 5.56 Å². The zero-order valence-corrected chi connectivity index (χ0v) is 22.8. The minimum absolute atomic E-state index is 0.00658. The number of benzene rings is 3. The van der Waals surface area contributed by atoms with Gasteiger partial charge in [-0.05, 0) is 66.9 Å². The average Bonchev–Trinajstić information content (AvgIpc) is 2.88. The van der Waals surface area contributed by atoms with Crippen LogP contribution in [0.5, 0.6) is 0 Å². The predicted molar refractivity (Wildman–Crippen MR) is 145 cm³/mol. The summed E-state index contributed by atoms with van der Waals surface area (Å²) in [5.74, 6) is -0.201. The highest BCUT2D eigenvalue weighted by molar-refractivity contribution is 9.10. The highest BCUT2D eigenvalue weighted by atomic mass is 79.9. The normalized spacial score (nSPS) is 12.6. The maximum Gasteiger partial charge on any atom is 0.416 e. The van der Waals surface area contributed by atoms with Crippen molar-refractivity contribution in [2.45, 2.75) is 39.4 Å². The Hall–Kier alpha value is -3.46. The maximum atomic E-state index is 13.8. The Bertz CT molecular complexity index is 1510. The Kier molecular flexibility index (Phi) is 8.06. The summed E-state index contributed by atoms with van der Waals surface area (Å²) >= 11 is 3.42. The van der Waals surface area contributed by atoms with E-state index >= 15 is 0 Å². The monoisotopic (exact) mass is 585 g/mol. The van der Waals surface area contributed by atoms with E-state index in [1.165, 1.54) is 21.6 Å². The van der Waals surface area contributed by atoms with Crippen LogP contribution in [-0.4, -0.2) is 26.9 Å². The summed E-state index contributed by atoms with van der Waals surface area (Å²) in [6.45, 7) is 5.98. The molecule has 5 nitrogen and oxygen atoms in total. The quantitative estimate of drug-likeness (QED) is 0.227. The summed E-state index contributed by atoms with van der Waals surface area (Å²) in [6.07, 6.45) is -4.19. The Morgan fingerprint density at radius 2 is 1.71 bits per heavy atom. The Morgan fingerprint density at radius 1 is 1.03 bits per heavy atom. The first-order valence-electron chi connectivity index (χ1n) is 12.3. The zero-order valence-electron chi connectivity index (χ0n) is 21.2. The molecule has 0 radical (unpaired) electrons. The average molecular weight is 586 g/mol. The summed E-state index contributed by atoms with van der Waals surface area (Å²) in [4.78, 5) is 34.0. The van der Waals surface area contributed by atoms with Gasteiger partial charge >= 0.3 is 6.18 Å². The fourth-order valence-corrected chi connectivity index (χ4v) is 4.76. The molecule has 1 heterocycles. The van der Waals surface area contributed by atoms with Gasteiger partial charge in [0.1, 0.15) is 5.82 Å². The molecule has 38 heavy (non-hydrogen) atoms. The molecule has 0 aliphatic heterocycles. The van der Waals surface area contributed by atoms with Crippen molar-refractivity contribution in [3.05, 3.63) is 105 Å². The van der Waals surface area contributed by atoms with Crippen LogP contribution in [-0.2, 0) is 6.18 Å². The standard InChI is InChI=1S/C29H27BrF3N3O2/c1-4-25(35(17-18(2)3)27(37)19-8-7-9-20(16-19)29(31,32)33)26-34-24-11-6-5-10-23(24)28(38)36(26)22-14-12-21(30)13-15-22/h5-16,18,25H,4,17H2,1-3H3. The third-order valence-corrected chi connectivity index (χ3v) is 6.74. The highest BCUT2D eigenvalue weighted by Gasteiger charge is 2.33. The van der Waals surface area contributed by atoms with Gasteiger partial charge in [-0.1, -0.05) is 54.9 Å². The van der Waals surface area contributed by atoms with Gasteiger partial charge < -0.3 is 4.90 Å². The number of fused-ring (bicyclic) bond motifs is 1. The molecule has 1 aromatic heterocycles. The van der Waals surface area contributed by atoms with Crippen molar-refractivity contribution in [3.8, 4) is 5.69 Å². The fourth-order valence-electron chi connectivity index (χ4n) is 4.49. The van der Waals surface area contributed by atoms with E-state index in [2.05, 4.69) is 15.9 Å². The topological polar surface area (TPSA) is 55.2 Å². The van der Waals surface area contributed by atoms with Gasteiger partial charge in [-0.3, -0.25) is 14.2 Å². The van der Waals surface area contributed by atoms with Crippen LogP contribution in [0, 0.1) is 5.92 Å². The summed E-state index contributed by atoms with van der Waals surface area (Å²) in [5.41, 5.74) is -0.201. The number of halogens is 4. The van der Waals surface area contributed by atoms with Gasteiger partial charge in [0.05, 0.1) is 28.2 Å². The molecule has 1 amide bonds. The number of carbonyl (C=O) groups is 1. The van der Waals surface area contributed by atoms with Gasteiger partial charge in [-0.15, -0.1) is 0 Å². The van der Waals surface area contributed by atoms with E-state index in [0.717, 1.165) is 16.6 Å². The summed E-state index contributed by atoms with van der Waals surface area (Å²) in [6, 6.07) is 17.9. The zero-order chi connectivity index (χ0) is 27.6. The third-order valence-electron chi connectivity index (χ3n) is 6.21. The highest BCUT2D eigenvalue weighted by Crippen LogP contribution is 2.32. The van der Waals surface area contributed by atoms with Crippen LogP contribution in [0.2, 0.25) is 0 Å². The molecule has 3 aromatic carbocycles. The van der Waals surface area contributed by atoms with Gasteiger partial charge in [-0.25, -0.2) is 4.98 Å². The van der Waals surface area contributed by atoms with Crippen molar-refractivity contribution in [2.24, 2.45) is 5.92 Å². The first kappa shape index (κ1) is 27.6. The number of para-hydroxylation sites is 1. The van der Waals surface area contributed by atoms with E-state index in [4.69, 9.17) is 4.98 Å². The van der Waals surface area contributed by atoms with E-state index in [1.54, 1.807) is 48.5 Å². The minimum atomic E-state index is -4.58. The van der Waals surface area contributed by atoms with E-state index in [9.17, 15) is 22.8 Å². The summed E-state index contributed by atoms with van der Waals surface area (Å²) < 4.78 is 42.6. The first-order chi connectivity index (χ1) is 18.0. The maximum absolute atomic E-state index is 13.8. The van der Waals surface area contributed by atoms with Crippen molar-refractivity contribution in [1.29, 1.82) is 0 Å². The molecular formula is C29H27BrF3N3O2. The van der Waals surface area contributed by atoms with Gasteiger partial charge in [0, 0.05) is 16.6 Å². The molecule has 0 spiro atoms. The minimum Gasteiger partial charge on any atom is -0.328 e. The molecule has 0 saturated heterocycles. The number of nitrogens with zero attached hydrogens (tertiary/aromatic N) is 3. The van der Waals surface area contributed by atoms with Crippen LogP contribution in [0.15, 0.2) is 82.1 Å². The fraction of sp³-hybridized carbons (Fsp3) is 0.276. The first-order valence-corrected chi connectivity index (χ1v) is 13.1. The number of carbonyl (C=O) groups excluding carboxylic acids is 1. The molecule has 1 atom stereocenters. The number of hydrogen-bond acceptors (Lipinski definition) is 3. The Balaban J connectivity index is 1.93. The van der Waals surface area contributed by atoms with E-state index in [1.807, 2.05) is 20.8 Å². The lowest BCUT2D eigenvalue weighted by Gasteiger charge is -2.34. The molecule has 0 saturated carbocycles. The number of hydrogen-bond donors (Lipinski definition) is 0. The SMILES string of the molecule is CCC(c1nc2ccccc2c(=O)n1-c1ccc(Br)cc1)N(CC(C)C)C(=O)c1cccc(C(F)(F)F)c1. The lowest BCUT2D eigenvalue weighted by Crippen LogP contribution is -2.40. The van der Waals surface area contributed by atoms with Crippen LogP contribution in [0.1, 0.15) is 55.0 Å². The van der Waals surface area contributed by atoms with Crippen molar-refractivity contribution >= 4 is 32.7 Å². The molecule has 0 aliphatic rings. The summed E-state index contributed by atoms with van der Waals surface area (Å²) in [7, 11) is 0. The number of aromatic nitrogens is 2. The van der Waals surface area contributed by atoms with Crippen molar-refractivity contribution in [3.63, 3.8) is 0 Å². The molecule has 4 aromatic rings. The molecule has 0 N–H and O–H groups in total. The van der Waals surface area contributed by atoms with E-state index < -0.39 is 23.7 Å². The molecule has 4 rings (SSSR count). The second-order valence-corrected chi connectivity index (χ2v) is 10.4. The molecule has 198 valence electrons. The number of amides is 1. The predicted octanol–water partition coefficient (Wildman–Crippen LogP) is 7.42. The Morgan fingerprint density at radius 3 is 2.34 bits per heavy atom. The van der Waals surface area contributed by atoms with Gasteiger partial charge in [0.15, 0.2) is 0 Å². The lowest BCUT2D eigenvalue weighted by molar-refractivity contribution is -0.137. The van der Waals surface area contributed by atoms with Crippen LogP contribution in [0.4, 0.5) is 13.2 Å². The second-order valence-electron chi connectivity index (χ2n) is 9.46. The lowest BCUT2D eigenvalue weighted by atomic mass is 10.0. The number of alkyl halides is 3. The van der Waals surface area contributed by atoms with Crippen molar-refractivity contribution in [1.82, 2.24) is 14.5 Å². The van der Waals surface area contributed by atoms with E-state index in [-0.39, 0.29) is 23.6 Å². The number of rotatable bonds is 7. The molecule has 1 unspecified atom stereocenters. The molecule has 0 bridgehead atoms. The van der Waals surface area contributed by atoms with E-state index in [0.29, 0.717) is 28.8 Å². The van der Waals surface area contributed by atoms with Gasteiger partial charge in [0.25, 0.3) is 11.5 Å². The van der Waals surface area contributed by atoms with Gasteiger partial charge in [0.2, 0.25) is 0 Å². The molecule has 0 fully saturated rings. The van der Waals surface area contributed by atoms with Crippen LogP contribution >= 0.6 is 15.9 Å². The second kappa shape index (κ2) is 11.1. The van der Waals surface area contributed by atoms with Crippen LogP contribution in [0.3, 0.4) is 0 Å². The van der Waals surface area contributed by atoms with Crippen LogP contribution in [0.25, 0.3) is 16.6 Å². The Labute approximate surface area is 227 Å².